The summed E-state index contributed by atoms with van der Waals surface area (Å²) in [5.74, 6) is 0.00714. The molecule has 3 heterocycles. The molecule has 0 fully saturated rings. The largest absolute Gasteiger partial charge is 0.265 e. The summed E-state index contributed by atoms with van der Waals surface area (Å²) in [6, 6.07) is 13.7. The third-order valence-electron chi connectivity index (χ3n) is 4.11. The van der Waals surface area contributed by atoms with E-state index in [1.54, 1.807) is 24.8 Å². The van der Waals surface area contributed by atoms with Crippen molar-refractivity contribution in [1.82, 2.24) is 14.7 Å². The van der Waals surface area contributed by atoms with E-state index in [0.717, 1.165) is 24.2 Å². The molecule has 1 atom stereocenters. The Morgan fingerprint density at radius 1 is 0.923 bits per heavy atom. The summed E-state index contributed by atoms with van der Waals surface area (Å²) in [5.41, 5.74) is 0. The zero-order valence-electron chi connectivity index (χ0n) is 20.6. The fourth-order valence-electron chi connectivity index (χ4n) is 2.44. The van der Waals surface area contributed by atoms with Gasteiger partial charge in [-0.25, -0.2) is 8.42 Å². The number of aldehydes is 1. The first-order chi connectivity index (χ1) is 18.1. The maximum atomic E-state index is 12.0. The Hall–Kier alpha value is -1.99. The number of nitrogens with zero attached hydrogens (tertiary/aromatic N) is 2. The number of hydrogen-bond acceptors (Lipinski definition) is 11. The van der Waals surface area contributed by atoms with Crippen LogP contribution in [-0.2, 0) is 60.1 Å². The number of hydrogen-bond donors (Lipinski definition) is 3. The molecule has 0 aliphatic heterocycles. The smallest absolute Gasteiger partial charge is 0.0267 e. The summed E-state index contributed by atoms with van der Waals surface area (Å²) in [5, 5.41) is 0. The van der Waals surface area contributed by atoms with Crippen LogP contribution >= 0.6 is 22.9 Å². The topological polar surface area (TPSA) is 207 Å². The fourth-order valence-corrected chi connectivity index (χ4v) is 6.92. The first kappa shape index (κ1) is 37.0. The Bertz CT molecular complexity index is 1280. The molecule has 218 valence electrons. The number of pyridine rings is 2. The van der Waals surface area contributed by atoms with E-state index in [-0.39, 0.29) is 10.1 Å². The molecule has 0 saturated heterocycles. The van der Waals surface area contributed by atoms with Gasteiger partial charge in [0, 0.05) is 24.8 Å². The molecule has 0 spiro atoms. The van der Waals surface area contributed by atoms with E-state index in [1.165, 1.54) is 12.1 Å². The second-order valence-corrected chi connectivity index (χ2v) is 14.3. The van der Waals surface area contributed by atoms with Gasteiger partial charge in [0.1, 0.15) is 10.5 Å². The minimum Gasteiger partial charge on any atom is -0.265 e. The quantitative estimate of drug-likeness (QED) is 0.278. The van der Waals surface area contributed by atoms with Crippen molar-refractivity contribution in [3.8, 4) is 0 Å². The molecule has 0 aliphatic carbocycles. The van der Waals surface area contributed by atoms with Gasteiger partial charge in [-0.15, -0.1) is 11.3 Å². The zero-order chi connectivity index (χ0) is 30.0. The van der Waals surface area contributed by atoms with Crippen molar-refractivity contribution in [3.05, 3.63) is 77.7 Å². The van der Waals surface area contributed by atoms with Gasteiger partial charge < -0.3 is 4.79 Å². The molecule has 13 nitrogen and oxygen atoms in total. The summed E-state index contributed by atoms with van der Waals surface area (Å²) in [6.07, 6.45) is 9.14. The Labute approximate surface area is 240 Å². The first-order valence-electron chi connectivity index (χ1n) is 10.7. The number of thiophene rings is 1. The number of aromatic nitrogens is 2. The SMILES string of the molecule is CCC(CC)[C@@H](C=O)NS(=O)(=O)c1ccc(Cl)s1.[O]=[Cr](=[O])([OH])[O][Cr](=[O])(=[O])[OH].c1ccncc1.c1ccncc1. The predicted molar refractivity (Wildman–Crippen MR) is 130 cm³/mol. The summed E-state index contributed by atoms with van der Waals surface area (Å²) in [7, 11) is -3.66. The number of sulfonamides is 1. The van der Waals surface area contributed by atoms with Gasteiger partial charge in [-0.1, -0.05) is 50.4 Å². The Morgan fingerprint density at radius 2 is 1.36 bits per heavy atom. The minimum absolute atomic E-state index is 0.00714. The van der Waals surface area contributed by atoms with Gasteiger partial charge in [-0.05, 0) is 42.3 Å². The van der Waals surface area contributed by atoms with Crippen LogP contribution in [0.5, 0.6) is 0 Å². The van der Waals surface area contributed by atoms with Crippen LogP contribution in [0, 0.1) is 5.92 Å². The molecule has 0 bridgehead atoms. The molecular formula is C21H28ClCr2N3O10S2. The fraction of sp³-hybridized carbons (Fsp3) is 0.286. The molecular weight excluding hydrogens is 658 g/mol. The van der Waals surface area contributed by atoms with Gasteiger partial charge >= 0.3 is 53.6 Å². The molecule has 3 aromatic rings. The second kappa shape index (κ2) is 19.2. The molecule has 18 heteroatoms. The molecule has 3 N–H and O–H groups in total. The standard InChI is InChI=1S/C11H16ClNO3S2.2C5H5N.2Cr.2H2O.5O/c1-3-8(4-2)9(7-14)13-18(15,16)11-6-5-10(12)17-11;2*1-2-4-6-5-3-1;;;;;;;;;/h5-9,13H,3-4H2,1-2H3;2*1-5H;;;2*1H2;;;;;/q;;;2*+1;;;;;;;/p-2/t9-;;;;;;;;;;;/m1.........../s1. The summed E-state index contributed by atoms with van der Waals surface area (Å²) >= 11 is -4.83. The van der Waals surface area contributed by atoms with Crippen LogP contribution in [0.3, 0.4) is 0 Å². The van der Waals surface area contributed by atoms with Crippen LogP contribution in [0.2, 0.25) is 4.34 Å². The van der Waals surface area contributed by atoms with Crippen molar-refractivity contribution < 1.29 is 66.8 Å². The Morgan fingerprint density at radius 3 is 1.56 bits per heavy atom. The van der Waals surface area contributed by atoms with Crippen LogP contribution < -0.4 is 4.72 Å². The number of rotatable bonds is 9. The van der Waals surface area contributed by atoms with Crippen LogP contribution in [0.15, 0.2) is 77.5 Å². The van der Waals surface area contributed by atoms with Crippen LogP contribution in [0.1, 0.15) is 26.7 Å². The number of halogens is 1. The van der Waals surface area contributed by atoms with Crippen molar-refractivity contribution in [2.75, 3.05) is 0 Å². The van der Waals surface area contributed by atoms with Crippen molar-refractivity contribution in [3.63, 3.8) is 0 Å². The average molecular weight is 686 g/mol. The predicted octanol–water partition coefficient (Wildman–Crippen LogP) is 3.18. The Kier molecular flexibility index (Phi) is 18.2. The molecule has 3 aromatic heterocycles. The van der Waals surface area contributed by atoms with Gasteiger partial charge in [0.2, 0.25) is 0 Å². The normalized spacial score (nSPS) is 11.9. The molecule has 0 aromatic carbocycles. The second-order valence-electron chi connectivity index (χ2n) is 6.89. The molecule has 0 aliphatic rings. The van der Waals surface area contributed by atoms with Gasteiger partial charge in [-0.2, -0.15) is 4.72 Å². The maximum Gasteiger partial charge on any atom is 0.0267 e. The molecule has 0 saturated carbocycles. The van der Waals surface area contributed by atoms with E-state index in [2.05, 4.69) is 17.5 Å². The number of carbonyl (C=O) groups is 1. The van der Waals surface area contributed by atoms with E-state index >= 15 is 0 Å². The third-order valence-corrected chi connectivity index (χ3v) is 10.0. The van der Waals surface area contributed by atoms with Crippen molar-refractivity contribution in [2.45, 2.75) is 36.9 Å². The van der Waals surface area contributed by atoms with Crippen molar-refractivity contribution >= 4 is 39.2 Å². The average Bonchev–Trinajstić information content (AvgIpc) is 3.32. The van der Waals surface area contributed by atoms with Gasteiger partial charge in [0.15, 0.2) is 0 Å². The van der Waals surface area contributed by atoms with E-state index in [1.807, 2.05) is 50.2 Å². The third kappa shape index (κ3) is 19.7. The van der Waals surface area contributed by atoms with E-state index in [0.29, 0.717) is 10.6 Å². The molecule has 0 unspecified atom stereocenters. The van der Waals surface area contributed by atoms with Gasteiger partial charge in [0.25, 0.3) is 10.0 Å². The van der Waals surface area contributed by atoms with E-state index in [4.69, 9.17) is 19.9 Å². The molecule has 3 rings (SSSR count). The van der Waals surface area contributed by atoms with Crippen LogP contribution in [-0.4, -0.2) is 39.0 Å². The summed E-state index contributed by atoms with van der Waals surface area (Å²) < 4.78 is 83.3. The zero-order valence-corrected chi connectivity index (χ0v) is 25.6. The minimum atomic E-state index is -5.76. The van der Waals surface area contributed by atoms with Crippen molar-refractivity contribution in [2.24, 2.45) is 5.92 Å². The number of carbonyl (C=O) groups excluding carboxylic acids is 1. The van der Waals surface area contributed by atoms with E-state index in [9.17, 15) is 28.4 Å². The van der Waals surface area contributed by atoms with Gasteiger partial charge in [-0.3, -0.25) is 9.97 Å². The summed E-state index contributed by atoms with van der Waals surface area (Å²) in [4.78, 5) is 18.6. The molecule has 39 heavy (non-hydrogen) atoms. The maximum absolute atomic E-state index is 12.0. The number of nitrogens with one attached hydrogen (secondary N) is 1. The monoisotopic (exact) mass is 685 g/mol. The summed E-state index contributed by atoms with van der Waals surface area (Å²) in [6.45, 7) is 3.86. The first-order valence-corrected chi connectivity index (χ1v) is 17.7. The van der Waals surface area contributed by atoms with Crippen molar-refractivity contribution in [1.29, 1.82) is 0 Å². The van der Waals surface area contributed by atoms with Crippen LogP contribution in [0.4, 0.5) is 0 Å². The molecule has 0 amide bonds. The van der Waals surface area contributed by atoms with Crippen LogP contribution in [0.25, 0.3) is 0 Å². The van der Waals surface area contributed by atoms with Gasteiger partial charge in [0.05, 0.1) is 10.4 Å². The van der Waals surface area contributed by atoms with E-state index < -0.39 is 43.3 Å². The molecule has 0 radical (unpaired) electrons. The Balaban J connectivity index is 0.000000565.